The number of benzene rings is 6. The van der Waals surface area contributed by atoms with Crippen molar-refractivity contribution in [3.8, 4) is 22.3 Å². The third kappa shape index (κ3) is 4.78. The van der Waals surface area contributed by atoms with Crippen LogP contribution in [-0.4, -0.2) is 0 Å². The molecule has 0 radical (unpaired) electrons. The van der Waals surface area contributed by atoms with E-state index in [2.05, 4.69) is 166 Å². The summed E-state index contributed by atoms with van der Waals surface area (Å²) in [6.07, 6.45) is 0. The van der Waals surface area contributed by atoms with Crippen molar-refractivity contribution in [2.75, 3.05) is 0 Å². The molecular formula is C40H36. The maximum Gasteiger partial charge on any atom is 0.0713 e. The Morgan fingerprint density at radius 1 is 0.375 bits per heavy atom. The van der Waals surface area contributed by atoms with Gasteiger partial charge in [-0.05, 0) is 58.4 Å². The third-order valence-electron chi connectivity index (χ3n) is 7.77. The lowest BCUT2D eigenvalue weighted by atomic mass is 9.67. The summed E-state index contributed by atoms with van der Waals surface area (Å²) in [4.78, 5) is 0. The van der Waals surface area contributed by atoms with Crippen molar-refractivity contribution in [1.29, 1.82) is 0 Å². The zero-order chi connectivity index (χ0) is 26.7. The summed E-state index contributed by atoms with van der Waals surface area (Å²) < 4.78 is 0. The maximum absolute atomic E-state index is 2.37. The molecule has 0 saturated heterocycles. The second-order valence-corrected chi connectivity index (χ2v) is 10.3. The molecule has 0 heterocycles. The average molecular weight is 517 g/mol. The average Bonchev–Trinajstić information content (AvgIpc) is 3.29. The molecule has 1 aliphatic carbocycles. The summed E-state index contributed by atoms with van der Waals surface area (Å²) >= 11 is 0. The normalized spacial score (nSPS) is 12.2. The molecule has 0 heteroatoms. The Kier molecular flexibility index (Phi) is 7.80. The van der Waals surface area contributed by atoms with Crippen LogP contribution < -0.4 is 0 Å². The molecule has 0 spiro atoms. The first-order valence-corrected chi connectivity index (χ1v) is 13.6. The topological polar surface area (TPSA) is 0 Å². The summed E-state index contributed by atoms with van der Waals surface area (Å²) in [5.74, 6) is 0. The molecule has 7 rings (SSSR count). The van der Waals surface area contributed by atoms with E-state index in [-0.39, 0.29) is 12.8 Å². The van der Waals surface area contributed by atoms with E-state index in [1.165, 1.54) is 55.6 Å². The summed E-state index contributed by atoms with van der Waals surface area (Å²) in [5.41, 5.74) is 13.0. The molecule has 0 nitrogen and oxygen atoms in total. The van der Waals surface area contributed by atoms with Crippen LogP contribution in [0.15, 0.2) is 158 Å². The standard InChI is InChI=1S/C26H20.C13H12.CH4/c1-19-16-17-23-22-14-8-9-15-24(22)26(25(23)18-19,20-10-4-2-5-11-20)21-12-6-3-7-13-21;1-11-7-9-13(10-8-11)12-5-3-2-4-6-12;/h2-18H,1H3;2-10H,1H3;1H4. The molecule has 0 saturated carbocycles. The van der Waals surface area contributed by atoms with Gasteiger partial charge in [-0.2, -0.15) is 0 Å². The second-order valence-electron chi connectivity index (χ2n) is 10.3. The van der Waals surface area contributed by atoms with E-state index in [0.29, 0.717) is 0 Å². The Labute approximate surface area is 239 Å². The van der Waals surface area contributed by atoms with Gasteiger partial charge in [0.1, 0.15) is 0 Å². The van der Waals surface area contributed by atoms with Crippen LogP contribution in [0.25, 0.3) is 22.3 Å². The van der Waals surface area contributed by atoms with Gasteiger partial charge < -0.3 is 0 Å². The van der Waals surface area contributed by atoms with Crippen molar-refractivity contribution >= 4 is 0 Å². The van der Waals surface area contributed by atoms with E-state index in [4.69, 9.17) is 0 Å². The Balaban J connectivity index is 0.000000195. The van der Waals surface area contributed by atoms with Gasteiger partial charge in [-0.1, -0.05) is 176 Å². The quantitative estimate of drug-likeness (QED) is 0.219. The van der Waals surface area contributed by atoms with E-state index >= 15 is 0 Å². The minimum Gasteiger partial charge on any atom is -0.0776 e. The predicted octanol–water partition coefficient (Wildman–Crippen LogP) is 10.7. The van der Waals surface area contributed by atoms with Crippen LogP contribution in [0, 0.1) is 13.8 Å². The highest BCUT2D eigenvalue weighted by molar-refractivity contribution is 5.86. The Morgan fingerprint density at radius 2 is 0.825 bits per heavy atom. The van der Waals surface area contributed by atoms with E-state index in [0.717, 1.165) is 0 Å². The van der Waals surface area contributed by atoms with Gasteiger partial charge in [-0.25, -0.2) is 0 Å². The van der Waals surface area contributed by atoms with Gasteiger partial charge in [0.2, 0.25) is 0 Å². The van der Waals surface area contributed by atoms with Gasteiger partial charge in [0, 0.05) is 0 Å². The minimum atomic E-state index is -0.263. The van der Waals surface area contributed by atoms with E-state index in [1.807, 2.05) is 6.07 Å². The zero-order valence-corrected chi connectivity index (χ0v) is 22.5. The molecule has 0 aromatic heterocycles. The van der Waals surface area contributed by atoms with Gasteiger partial charge in [-0.15, -0.1) is 0 Å². The summed E-state index contributed by atoms with van der Waals surface area (Å²) in [6, 6.07) is 56.6. The fraction of sp³-hybridized carbons (Fsp3) is 0.100. The van der Waals surface area contributed by atoms with Crippen molar-refractivity contribution in [2.24, 2.45) is 0 Å². The van der Waals surface area contributed by atoms with E-state index < -0.39 is 0 Å². The van der Waals surface area contributed by atoms with Crippen molar-refractivity contribution in [3.05, 3.63) is 191 Å². The van der Waals surface area contributed by atoms with E-state index in [9.17, 15) is 0 Å². The molecule has 0 aliphatic heterocycles. The molecule has 6 aromatic carbocycles. The van der Waals surface area contributed by atoms with Crippen molar-refractivity contribution in [1.82, 2.24) is 0 Å². The Morgan fingerprint density at radius 3 is 1.43 bits per heavy atom. The SMILES string of the molecule is C.Cc1ccc(-c2ccccc2)cc1.Cc1ccc2c(c1)C(c1ccccc1)(c1ccccc1)c1ccccc1-2. The van der Waals surface area contributed by atoms with Gasteiger partial charge >= 0.3 is 0 Å². The molecule has 40 heavy (non-hydrogen) atoms. The van der Waals surface area contributed by atoms with Crippen LogP contribution in [-0.2, 0) is 5.41 Å². The molecular weight excluding hydrogens is 480 g/mol. The number of hydrogen-bond acceptors (Lipinski definition) is 0. The molecule has 0 atom stereocenters. The number of aryl methyl sites for hydroxylation is 2. The highest BCUT2D eigenvalue weighted by Crippen LogP contribution is 2.56. The molecule has 0 unspecified atom stereocenters. The van der Waals surface area contributed by atoms with Crippen LogP contribution >= 0.6 is 0 Å². The van der Waals surface area contributed by atoms with Crippen molar-refractivity contribution in [2.45, 2.75) is 26.7 Å². The molecule has 0 N–H and O–H groups in total. The van der Waals surface area contributed by atoms with Gasteiger partial charge in [0.15, 0.2) is 0 Å². The Hall–Kier alpha value is -4.68. The smallest absolute Gasteiger partial charge is 0.0713 e. The first kappa shape index (κ1) is 26.9. The number of rotatable bonds is 3. The minimum absolute atomic E-state index is 0. The lowest BCUT2D eigenvalue weighted by Gasteiger charge is -2.34. The lowest BCUT2D eigenvalue weighted by molar-refractivity contribution is 0.767. The summed E-state index contributed by atoms with van der Waals surface area (Å²) in [6.45, 7) is 4.29. The maximum atomic E-state index is 2.37. The predicted molar refractivity (Wildman–Crippen MR) is 172 cm³/mol. The van der Waals surface area contributed by atoms with Crippen molar-refractivity contribution < 1.29 is 0 Å². The fourth-order valence-corrected chi connectivity index (χ4v) is 5.93. The fourth-order valence-electron chi connectivity index (χ4n) is 5.93. The van der Waals surface area contributed by atoms with Gasteiger partial charge in [-0.3, -0.25) is 0 Å². The highest BCUT2D eigenvalue weighted by Gasteiger charge is 2.45. The zero-order valence-electron chi connectivity index (χ0n) is 22.5. The van der Waals surface area contributed by atoms with Gasteiger partial charge in [0.25, 0.3) is 0 Å². The summed E-state index contributed by atoms with van der Waals surface area (Å²) in [7, 11) is 0. The molecule has 0 fully saturated rings. The molecule has 1 aliphatic rings. The lowest BCUT2D eigenvalue weighted by Crippen LogP contribution is -2.28. The molecule has 6 aromatic rings. The van der Waals surface area contributed by atoms with E-state index in [1.54, 1.807) is 0 Å². The Bertz CT molecular complexity index is 1640. The van der Waals surface area contributed by atoms with Gasteiger partial charge in [0.05, 0.1) is 5.41 Å². The monoisotopic (exact) mass is 516 g/mol. The number of fused-ring (bicyclic) bond motifs is 3. The number of hydrogen-bond donors (Lipinski definition) is 0. The molecule has 196 valence electrons. The first-order valence-electron chi connectivity index (χ1n) is 13.6. The van der Waals surface area contributed by atoms with Crippen molar-refractivity contribution in [3.63, 3.8) is 0 Å². The second kappa shape index (κ2) is 11.6. The molecule has 0 bridgehead atoms. The van der Waals surface area contributed by atoms with Crippen LogP contribution in [0.4, 0.5) is 0 Å². The molecule has 0 amide bonds. The summed E-state index contributed by atoms with van der Waals surface area (Å²) in [5, 5.41) is 0. The largest absolute Gasteiger partial charge is 0.0776 e. The van der Waals surface area contributed by atoms with Crippen LogP contribution in [0.5, 0.6) is 0 Å². The highest BCUT2D eigenvalue weighted by atomic mass is 14.5. The van der Waals surface area contributed by atoms with Crippen LogP contribution in [0.2, 0.25) is 0 Å². The van der Waals surface area contributed by atoms with Crippen LogP contribution in [0.1, 0.15) is 40.8 Å². The third-order valence-corrected chi connectivity index (χ3v) is 7.77. The van der Waals surface area contributed by atoms with Crippen LogP contribution in [0.3, 0.4) is 0 Å². The first-order chi connectivity index (χ1) is 19.2.